The maximum Gasteiger partial charge on any atom is 0.231 e. The molecular weight excluding hydrogens is 424 g/mol. The molecule has 0 aliphatic carbocycles. The van der Waals surface area contributed by atoms with Crippen LogP contribution in [0, 0.1) is 5.92 Å². The van der Waals surface area contributed by atoms with E-state index in [1.54, 1.807) is 29.2 Å². The molecule has 7 nitrogen and oxygen atoms in total. The van der Waals surface area contributed by atoms with Crippen molar-refractivity contribution >= 4 is 45.6 Å². The molecule has 0 radical (unpaired) electrons. The highest BCUT2D eigenvalue weighted by Gasteiger charge is 2.35. The number of hydrogen-bond donors (Lipinski definition) is 2. The molecule has 2 aromatic carbocycles. The first kappa shape index (κ1) is 21.7. The van der Waals surface area contributed by atoms with Gasteiger partial charge in [0, 0.05) is 41.7 Å². The van der Waals surface area contributed by atoms with Crippen molar-refractivity contribution in [2.75, 3.05) is 22.1 Å². The number of benzene rings is 2. The largest absolute Gasteiger partial charge is 0.326 e. The van der Waals surface area contributed by atoms with E-state index in [0.29, 0.717) is 23.1 Å². The van der Waals surface area contributed by atoms with E-state index in [9.17, 15) is 14.4 Å². The topological polar surface area (TPSA) is 91.4 Å². The fourth-order valence-corrected chi connectivity index (χ4v) is 4.66. The fourth-order valence-electron chi connectivity index (χ4n) is 3.73. The minimum atomic E-state index is -0.452. The number of carbonyl (C=O) groups excluding carboxylic acids is 3. The standard InChI is InChI=1S/C24H24N4O3S/c1-3-20-22(16-7-5-4-6-8-16)26-24(32-20)27-23(31)17-13-21(30)28(14-17)19-11-9-18(10-12-19)25-15(2)29/h4-12,17H,3,13-14H2,1-2H3,(H,25,29)(H,26,27,31). The van der Waals surface area contributed by atoms with Gasteiger partial charge in [-0.05, 0) is 30.7 Å². The van der Waals surface area contributed by atoms with Crippen molar-refractivity contribution in [1.82, 2.24) is 4.98 Å². The molecule has 1 aromatic heterocycles. The van der Waals surface area contributed by atoms with Crippen molar-refractivity contribution in [2.45, 2.75) is 26.7 Å². The second-order valence-electron chi connectivity index (χ2n) is 7.63. The summed E-state index contributed by atoms with van der Waals surface area (Å²) in [6, 6.07) is 16.9. The van der Waals surface area contributed by atoms with E-state index in [1.807, 2.05) is 30.3 Å². The van der Waals surface area contributed by atoms with Gasteiger partial charge in [-0.1, -0.05) is 37.3 Å². The van der Waals surface area contributed by atoms with E-state index in [4.69, 9.17) is 0 Å². The molecule has 1 aliphatic rings. The summed E-state index contributed by atoms with van der Waals surface area (Å²) in [5.74, 6) is -0.912. The van der Waals surface area contributed by atoms with E-state index in [1.165, 1.54) is 18.3 Å². The van der Waals surface area contributed by atoms with Crippen LogP contribution in [-0.4, -0.2) is 29.3 Å². The Bertz CT molecular complexity index is 1140. The number of nitrogens with zero attached hydrogens (tertiary/aromatic N) is 2. The van der Waals surface area contributed by atoms with E-state index in [2.05, 4.69) is 22.5 Å². The Morgan fingerprint density at radius 3 is 2.47 bits per heavy atom. The van der Waals surface area contributed by atoms with Crippen LogP contribution in [0.3, 0.4) is 0 Å². The maximum atomic E-state index is 12.9. The van der Waals surface area contributed by atoms with Gasteiger partial charge in [0.05, 0.1) is 11.6 Å². The molecule has 3 amide bonds. The summed E-state index contributed by atoms with van der Waals surface area (Å²) < 4.78 is 0. The van der Waals surface area contributed by atoms with Crippen molar-refractivity contribution < 1.29 is 14.4 Å². The SMILES string of the molecule is CCc1sc(NC(=O)C2CC(=O)N(c3ccc(NC(C)=O)cc3)C2)nc1-c1ccccc1. The Kier molecular flexibility index (Phi) is 6.32. The van der Waals surface area contributed by atoms with Gasteiger partial charge in [-0.2, -0.15) is 0 Å². The van der Waals surface area contributed by atoms with Crippen LogP contribution < -0.4 is 15.5 Å². The third-order valence-electron chi connectivity index (χ3n) is 5.29. The summed E-state index contributed by atoms with van der Waals surface area (Å²) in [6.45, 7) is 3.81. The average Bonchev–Trinajstić information content (AvgIpc) is 3.38. The number of aromatic nitrogens is 1. The number of anilines is 3. The molecule has 1 atom stereocenters. The van der Waals surface area contributed by atoms with Crippen molar-refractivity contribution in [3.05, 3.63) is 59.5 Å². The summed E-state index contributed by atoms with van der Waals surface area (Å²) in [4.78, 5) is 44.0. The van der Waals surface area contributed by atoms with Gasteiger partial charge in [0.25, 0.3) is 0 Å². The lowest BCUT2D eigenvalue weighted by molar-refractivity contribution is -0.122. The number of carbonyl (C=O) groups is 3. The zero-order valence-electron chi connectivity index (χ0n) is 17.9. The minimum absolute atomic E-state index is 0.101. The Morgan fingerprint density at radius 1 is 1.09 bits per heavy atom. The van der Waals surface area contributed by atoms with Crippen molar-refractivity contribution in [2.24, 2.45) is 5.92 Å². The lowest BCUT2D eigenvalue weighted by Crippen LogP contribution is -2.28. The molecule has 2 N–H and O–H groups in total. The highest BCUT2D eigenvalue weighted by atomic mass is 32.1. The van der Waals surface area contributed by atoms with Gasteiger partial charge in [0.15, 0.2) is 5.13 Å². The van der Waals surface area contributed by atoms with Gasteiger partial charge in [0.2, 0.25) is 17.7 Å². The van der Waals surface area contributed by atoms with Crippen molar-refractivity contribution in [1.29, 1.82) is 0 Å². The molecule has 0 bridgehead atoms. The molecule has 8 heteroatoms. The van der Waals surface area contributed by atoms with Gasteiger partial charge in [-0.25, -0.2) is 4.98 Å². The normalized spacial score (nSPS) is 15.6. The molecule has 3 aromatic rings. The monoisotopic (exact) mass is 448 g/mol. The summed E-state index contributed by atoms with van der Waals surface area (Å²) in [5.41, 5.74) is 3.27. The predicted molar refractivity (Wildman–Crippen MR) is 127 cm³/mol. The second kappa shape index (κ2) is 9.32. The summed E-state index contributed by atoms with van der Waals surface area (Å²) >= 11 is 1.47. The number of rotatable bonds is 6. The number of hydrogen-bond acceptors (Lipinski definition) is 5. The lowest BCUT2D eigenvalue weighted by atomic mass is 10.1. The number of amides is 3. The highest BCUT2D eigenvalue weighted by Crippen LogP contribution is 2.33. The van der Waals surface area contributed by atoms with Gasteiger partial charge in [0.1, 0.15) is 0 Å². The van der Waals surface area contributed by atoms with Crippen LogP contribution in [0.4, 0.5) is 16.5 Å². The quantitative estimate of drug-likeness (QED) is 0.587. The van der Waals surface area contributed by atoms with Gasteiger partial charge in [-0.15, -0.1) is 11.3 Å². The molecule has 4 rings (SSSR count). The fraction of sp³-hybridized carbons (Fsp3) is 0.250. The number of aryl methyl sites for hydroxylation is 1. The first-order chi connectivity index (χ1) is 15.4. The Morgan fingerprint density at radius 2 is 1.81 bits per heavy atom. The van der Waals surface area contributed by atoms with E-state index >= 15 is 0 Å². The third kappa shape index (κ3) is 4.70. The van der Waals surface area contributed by atoms with Crippen LogP contribution in [-0.2, 0) is 20.8 Å². The molecule has 0 saturated carbocycles. The molecule has 1 aliphatic heterocycles. The van der Waals surface area contributed by atoms with Crippen LogP contribution in [0.25, 0.3) is 11.3 Å². The highest BCUT2D eigenvalue weighted by molar-refractivity contribution is 7.16. The van der Waals surface area contributed by atoms with Gasteiger partial charge in [-0.3, -0.25) is 14.4 Å². The Balaban J connectivity index is 1.44. The third-order valence-corrected chi connectivity index (χ3v) is 6.41. The van der Waals surface area contributed by atoms with Crippen LogP contribution >= 0.6 is 11.3 Å². The first-order valence-electron chi connectivity index (χ1n) is 10.5. The molecule has 164 valence electrons. The second-order valence-corrected chi connectivity index (χ2v) is 8.72. The van der Waals surface area contributed by atoms with E-state index < -0.39 is 5.92 Å². The molecule has 1 unspecified atom stereocenters. The molecule has 0 spiro atoms. The smallest absolute Gasteiger partial charge is 0.231 e. The maximum absolute atomic E-state index is 12.9. The molecule has 1 fully saturated rings. The van der Waals surface area contributed by atoms with Crippen molar-refractivity contribution in [3.63, 3.8) is 0 Å². The van der Waals surface area contributed by atoms with Gasteiger partial charge < -0.3 is 15.5 Å². The zero-order chi connectivity index (χ0) is 22.7. The Labute approximate surface area is 190 Å². The number of nitrogens with one attached hydrogen (secondary N) is 2. The van der Waals surface area contributed by atoms with Crippen LogP contribution in [0.2, 0.25) is 0 Å². The molecule has 2 heterocycles. The molecule has 1 saturated heterocycles. The van der Waals surface area contributed by atoms with Crippen molar-refractivity contribution in [3.8, 4) is 11.3 Å². The predicted octanol–water partition coefficient (Wildman–Crippen LogP) is 4.32. The lowest BCUT2D eigenvalue weighted by Gasteiger charge is -2.17. The summed E-state index contributed by atoms with van der Waals surface area (Å²) in [7, 11) is 0. The first-order valence-corrected chi connectivity index (χ1v) is 11.3. The van der Waals surface area contributed by atoms with Gasteiger partial charge >= 0.3 is 0 Å². The van der Waals surface area contributed by atoms with Crippen LogP contribution in [0.15, 0.2) is 54.6 Å². The summed E-state index contributed by atoms with van der Waals surface area (Å²) in [5, 5.41) is 6.17. The van der Waals surface area contributed by atoms with Crippen LogP contribution in [0.1, 0.15) is 25.1 Å². The zero-order valence-corrected chi connectivity index (χ0v) is 18.7. The van der Waals surface area contributed by atoms with E-state index in [-0.39, 0.29) is 24.1 Å². The molecular formula is C24H24N4O3S. The van der Waals surface area contributed by atoms with Crippen LogP contribution in [0.5, 0.6) is 0 Å². The Hall–Kier alpha value is -3.52. The number of thiazole rings is 1. The molecule has 32 heavy (non-hydrogen) atoms. The average molecular weight is 449 g/mol. The minimum Gasteiger partial charge on any atom is -0.326 e. The van der Waals surface area contributed by atoms with E-state index in [0.717, 1.165) is 22.6 Å². The summed E-state index contributed by atoms with van der Waals surface area (Å²) in [6.07, 6.45) is 0.971.